The number of methoxy groups -OCH3 is 1. The average molecular weight is 397 g/mol. The molecule has 1 aliphatic heterocycles. The highest BCUT2D eigenvalue weighted by Crippen LogP contribution is 2.17. The van der Waals surface area contributed by atoms with Crippen LogP contribution in [-0.2, 0) is 17.8 Å². The van der Waals surface area contributed by atoms with E-state index in [-0.39, 0.29) is 24.5 Å². The van der Waals surface area contributed by atoms with Crippen molar-refractivity contribution in [2.45, 2.75) is 19.4 Å². The van der Waals surface area contributed by atoms with Crippen LogP contribution in [0.5, 0.6) is 5.75 Å². The zero-order chi connectivity index (χ0) is 20.6. The summed E-state index contributed by atoms with van der Waals surface area (Å²) < 4.78 is 5.11. The van der Waals surface area contributed by atoms with Crippen molar-refractivity contribution >= 4 is 17.6 Å². The van der Waals surface area contributed by atoms with E-state index in [1.165, 1.54) is 0 Å². The van der Waals surface area contributed by atoms with Gasteiger partial charge in [-0.2, -0.15) is 0 Å². The third-order valence-corrected chi connectivity index (χ3v) is 5.08. The lowest BCUT2D eigenvalue weighted by molar-refractivity contribution is -0.129. The first-order valence-electron chi connectivity index (χ1n) is 9.72. The quantitative estimate of drug-likeness (QED) is 0.669. The summed E-state index contributed by atoms with van der Waals surface area (Å²) in [5, 5.41) is 14.8. The summed E-state index contributed by atoms with van der Waals surface area (Å²) in [6.45, 7) is 1.87. The highest BCUT2D eigenvalue weighted by atomic mass is 16.5. The third-order valence-electron chi connectivity index (χ3n) is 5.08. The number of carbonyl (C=O) groups excluding carboxylic acids is 2. The Balaban J connectivity index is 1.44. The normalized spacial score (nSPS) is 15.8. The van der Waals surface area contributed by atoms with Gasteiger partial charge in [0.1, 0.15) is 5.75 Å². The molecule has 1 aliphatic rings. The summed E-state index contributed by atoms with van der Waals surface area (Å²) >= 11 is 0. The Kier molecular flexibility index (Phi) is 7.08. The van der Waals surface area contributed by atoms with Gasteiger partial charge in [0.25, 0.3) is 0 Å². The fourth-order valence-corrected chi connectivity index (χ4v) is 3.30. The minimum Gasteiger partial charge on any atom is -0.497 e. The number of benzene rings is 2. The molecule has 7 nitrogen and oxygen atoms in total. The Bertz CT molecular complexity index is 821. The predicted octanol–water partition coefficient (Wildman–Crippen LogP) is 2.40. The van der Waals surface area contributed by atoms with Gasteiger partial charge < -0.3 is 25.4 Å². The van der Waals surface area contributed by atoms with Crippen LogP contribution in [-0.4, -0.2) is 48.8 Å². The summed E-state index contributed by atoms with van der Waals surface area (Å²) in [5.41, 5.74) is 2.53. The van der Waals surface area contributed by atoms with Gasteiger partial charge in [-0.05, 0) is 41.8 Å². The molecule has 3 N–H and O–H groups in total. The molecule has 3 rings (SSSR count). The molecule has 2 aromatic rings. The van der Waals surface area contributed by atoms with Crippen molar-refractivity contribution in [1.29, 1.82) is 0 Å². The molecule has 1 atom stereocenters. The number of hydrogen-bond donors (Lipinski definition) is 3. The second-order valence-electron chi connectivity index (χ2n) is 7.21. The molecule has 0 saturated carbocycles. The molecule has 29 heavy (non-hydrogen) atoms. The van der Waals surface area contributed by atoms with E-state index in [0.29, 0.717) is 31.7 Å². The first-order chi connectivity index (χ1) is 14.1. The zero-order valence-electron chi connectivity index (χ0n) is 16.6. The van der Waals surface area contributed by atoms with E-state index >= 15 is 0 Å². The Morgan fingerprint density at radius 3 is 2.41 bits per heavy atom. The Morgan fingerprint density at radius 1 is 1.10 bits per heavy atom. The predicted molar refractivity (Wildman–Crippen MR) is 111 cm³/mol. The number of rotatable bonds is 7. The van der Waals surface area contributed by atoms with Crippen molar-refractivity contribution in [2.24, 2.45) is 5.92 Å². The van der Waals surface area contributed by atoms with Crippen molar-refractivity contribution in [3.05, 3.63) is 59.7 Å². The number of anilines is 1. The van der Waals surface area contributed by atoms with E-state index < -0.39 is 0 Å². The first kappa shape index (κ1) is 20.7. The molecule has 0 spiro atoms. The lowest BCUT2D eigenvalue weighted by atomic mass is 10.1. The van der Waals surface area contributed by atoms with Crippen LogP contribution < -0.4 is 15.4 Å². The van der Waals surface area contributed by atoms with Gasteiger partial charge in [0, 0.05) is 37.8 Å². The van der Waals surface area contributed by atoms with Crippen LogP contribution in [0.25, 0.3) is 0 Å². The molecule has 1 saturated heterocycles. The van der Waals surface area contributed by atoms with E-state index in [0.717, 1.165) is 23.3 Å². The molecule has 3 amide bonds. The second kappa shape index (κ2) is 9.93. The molecule has 0 aromatic heterocycles. The number of aliphatic hydroxyl groups is 1. The van der Waals surface area contributed by atoms with E-state index in [4.69, 9.17) is 4.74 Å². The third kappa shape index (κ3) is 5.96. The smallest absolute Gasteiger partial charge is 0.319 e. The standard InChI is InChI=1S/C22H27N3O4/c1-29-20-8-4-17(5-9-20)13-23-22(28)24-19-6-2-16(3-7-19)12-21(27)25-11-10-18(14-25)15-26/h2-9,18,26H,10-15H2,1H3,(H2,23,24,28)/t18-/m0/s1. The summed E-state index contributed by atoms with van der Waals surface area (Å²) in [5.74, 6) is 1.04. The monoisotopic (exact) mass is 397 g/mol. The molecular weight excluding hydrogens is 370 g/mol. The van der Waals surface area contributed by atoms with Crippen LogP contribution in [0.2, 0.25) is 0 Å². The van der Waals surface area contributed by atoms with Crippen LogP contribution in [0.1, 0.15) is 17.5 Å². The van der Waals surface area contributed by atoms with Crippen molar-refractivity contribution in [3.63, 3.8) is 0 Å². The van der Waals surface area contributed by atoms with Crippen molar-refractivity contribution < 1.29 is 19.4 Å². The van der Waals surface area contributed by atoms with Gasteiger partial charge in [-0.15, -0.1) is 0 Å². The summed E-state index contributed by atoms with van der Waals surface area (Å²) in [4.78, 5) is 26.2. The molecule has 7 heteroatoms. The number of nitrogens with one attached hydrogen (secondary N) is 2. The van der Waals surface area contributed by atoms with Crippen LogP contribution in [0.15, 0.2) is 48.5 Å². The second-order valence-corrected chi connectivity index (χ2v) is 7.21. The number of carbonyl (C=O) groups is 2. The average Bonchev–Trinajstić information content (AvgIpc) is 3.23. The highest BCUT2D eigenvalue weighted by molar-refractivity contribution is 5.89. The fourth-order valence-electron chi connectivity index (χ4n) is 3.30. The van der Waals surface area contributed by atoms with Crippen molar-refractivity contribution in [3.8, 4) is 5.75 Å². The van der Waals surface area contributed by atoms with Gasteiger partial charge in [-0.1, -0.05) is 24.3 Å². The number of likely N-dealkylation sites (tertiary alicyclic amines) is 1. The maximum atomic E-state index is 12.4. The molecular formula is C22H27N3O4. The summed E-state index contributed by atoms with van der Waals surface area (Å²) in [6, 6.07) is 14.5. The molecule has 0 bridgehead atoms. The maximum absolute atomic E-state index is 12.4. The molecule has 0 unspecified atom stereocenters. The highest BCUT2D eigenvalue weighted by Gasteiger charge is 2.25. The lowest BCUT2D eigenvalue weighted by Crippen LogP contribution is -2.30. The van der Waals surface area contributed by atoms with Crippen LogP contribution in [0.4, 0.5) is 10.5 Å². The van der Waals surface area contributed by atoms with Gasteiger partial charge in [-0.3, -0.25) is 4.79 Å². The largest absolute Gasteiger partial charge is 0.497 e. The molecule has 2 aromatic carbocycles. The number of nitrogens with zero attached hydrogens (tertiary/aromatic N) is 1. The Hall–Kier alpha value is -3.06. The number of amides is 3. The topological polar surface area (TPSA) is 90.9 Å². The fraction of sp³-hybridized carbons (Fsp3) is 0.364. The van der Waals surface area contributed by atoms with Crippen molar-refractivity contribution in [2.75, 3.05) is 32.1 Å². The Labute approximate surface area is 170 Å². The molecule has 0 aliphatic carbocycles. The SMILES string of the molecule is COc1ccc(CNC(=O)Nc2ccc(CC(=O)N3CC[C@H](CO)C3)cc2)cc1. The lowest BCUT2D eigenvalue weighted by Gasteiger charge is -2.16. The van der Waals surface area contributed by atoms with Gasteiger partial charge >= 0.3 is 6.03 Å². The van der Waals surface area contributed by atoms with Crippen LogP contribution >= 0.6 is 0 Å². The summed E-state index contributed by atoms with van der Waals surface area (Å²) in [7, 11) is 1.61. The molecule has 0 radical (unpaired) electrons. The van der Waals surface area contributed by atoms with Crippen molar-refractivity contribution in [1.82, 2.24) is 10.2 Å². The maximum Gasteiger partial charge on any atom is 0.319 e. The number of urea groups is 1. The van der Waals surface area contributed by atoms with E-state index in [9.17, 15) is 14.7 Å². The Morgan fingerprint density at radius 2 is 1.79 bits per heavy atom. The van der Waals surface area contributed by atoms with E-state index in [1.54, 1.807) is 24.1 Å². The summed E-state index contributed by atoms with van der Waals surface area (Å²) in [6.07, 6.45) is 1.18. The minimum absolute atomic E-state index is 0.0684. The zero-order valence-corrected chi connectivity index (χ0v) is 16.6. The molecule has 1 heterocycles. The van der Waals surface area contributed by atoms with Gasteiger partial charge in [0.15, 0.2) is 0 Å². The van der Waals surface area contributed by atoms with Crippen LogP contribution in [0, 0.1) is 5.92 Å². The van der Waals surface area contributed by atoms with Gasteiger partial charge in [0.05, 0.1) is 13.5 Å². The van der Waals surface area contributed by atoms with E-state index in [1.807, 2.05) is 36.4 Å². The van der Waals surface area contributed by atoms with E-state index in [2.05, 4.69) is 10.6 Å². The number of ether oxygens (including phenoxy) is 1. The van der Waals surface area contributed by atoms with Crippen LogP contribution in [0.3, 0.4) is 0 Å². The molecule has 154 valence electrons. The number of aliphatic hydroxyl groups excluding tert-OH is 1. The first-order valence-corrected chi connectivity index (χ1v) is 9.72. The number of hydrogen-bond acceptors (Lipinski definition) is 4. The minimum atomic E-state index is -0.295. The van der Waals surface area contributed by atoms with Gasteiger partial charge in [-0.25, -0.2) is 4.79 Å². The van der Waals surface area contributed by atoms with Gasteiger partial charge in [0.2, 0.25) is 5.91 Å². The molecule has 1 fully saturated rings.